The zero-order valence-corrected chi connectivity index (χ0v) is 13.7. The van der Waals surface area contributed by atoms with Crippen LogP contribution < -0.4 is 11.1 Å². The highest BCUT2D eigenvalue weighted by Crippen LogP contribution is 2.40. The molecule has 2 fully saturated rings. The van der Waals surface area contributed by atoms with Crippen LogP contribution in [0.2, 0.25) is 0 Å². The van der Waals surface area contributed by atoms with Crippen LogP contribution in [0.3, 0.4) is 0 Å². The van der Waals surface area contributed by atoms with E-state index >= 15 is 0 Å². The minimum absolute atomic E-state index is 0.0270. The number of rotatable bonds is 2. The van der Waals surface area contributed by atoms with Gasteiger partial charge in [0.25, 0.3) is 0 Å². The third-order valence-electron chi connectivity index (χ3n) is 5.74. The van der Waals surface area contributed by atoms with E-state index in [2.05, 4.69) is 33.0 Å². The number of nitrogens with two attached hydrogens (primary N) is 1. The summed E-state index contributed by atoms with van der Waals surface area (Å²) in [5.41, 5.74) is 6.09. The van der Waals surface area contributed by atoms with Crippen LogP contribution in [0.15, 0.2) is 0 Å². The van der Waals surface area contributed by atoms with Gasteiger partial charge in [-0.2, -0.15) is 0 Å². The highest BCUT2D eigenvalue weighted by atomic mass is 16.2. The number of carbonyl (C=O) groups excluding carboxylic acids is 1. The van der Waals surface area contributed by atoms with Crippen LogP contribution in [-0.2, 0) is 4.79 Å². The van der Waals surface area contributed by atoms with Crippen molar-refractivity contribution in [2.45, 2.75) is 84.7 Å². The summed E-state index contributed by atoms with van der Waals surface area (Å²) in [5, 5.41) is 3.37. The molecule has 2 aliphatic carbocycles. The lowest BCUT2D eigenvalue weighted by Gasteiger charge is -2.42. The molecule has 1 amide bonds. The lowest BCUT2D eigenvalue weighted by molar-refractivity contribution is -0.132. The van der Waals surface area contributed by atoms with Crippen LogP contribution in [0.5, 0.6) is 0 Å². The van der Waals surface area contributed by atoms with Crippen LogP contribution >= 0.6 is 0 Å². The van der Waals surface area contributed by atoms with Crippen molar-refractivity contribution >= 4 is 5.91 Å². The Morgan fingerprint density at radius 2 is 1.80 bits per heavy atom. The van der Waals surface area contributed by atoms with E-state index in [1.807, 2.05) is 0 Å². The molecule has 4 unspecified atom stereocenters. The molecule has 0 radical (unpaired) electrons. The monoisotopic (exact) mass is 280 g/mol. The fraction of sp³-hybridized carbons (Fsp3) is 0.941. The molecule has 0 saturated heterocycles. The van der Waals surface area contributed by atoms with Gasteiger partial charge in [0.1, 0.15) is 0 Å². The molecule has 0 aromatic rings. The van der Waals surface area contributed by atoms with Gasteiger partial charge in [-0.25, -0.2) is 0 Å². The van der Waals surface area contributed by atoms with E-state index in [9.17, 15) is 4.79 Å². The number of hydrogen-bond donors (Lipinski definition) is 2. The Morgan fingerprint density at radius 1 is 1.15 bits per heavy atom. The Labute approximate surface area is 124 Å². The Balaban J connectivity index is 2.05. The van der Waals surface area contributed by atoms with Crippen LogP contribution in [0, 0.1) is 16.7 Å². The number of hydrogen-bond acceptors (Lipinski definition) is 2. The molecule has 0 spiro atoms. The molecule has 20 heavy (non-hydrogen) atoms. The SMILES string of the molecule is CC(C)(C)C1CCCCC1NC(=O)C1(C)CCCC1N. The van der Waals surface area contributed by atoms with E-state index in [0.29, 0.717) is 12.0 Å². The van der Waals surface area contributed by atoms with Crippen LogP contribution in [0.1, 0.15) is 72.6 Å². The van der Waals surface area contributed by atoms with Crippen molar-refractivity contribution < 1.29 is 4.79 Å². The molecule has 0 heterocycles. The zero-order valence-electron chi connectivity index (χ0n) is 13.7. The van der Waals surface area contributed by atoms with E-state index in [1.54, 1.807) is 0 Å². The highest BCUT2D eigenvalue weighted by molar-refractivity contribution is 5.83. The predicted octanol–water partition coefficient (Wildman–Crippen LogP) is 3.23. The van der Waals surface area contributed by atoms with Gasteiger partial charge in [-0.15, -0.1) is 0 Å². The Kier molecular flexibility index (Phi) is 4.48. The molecule has 2 aliphatic rings. The minimum atomic E-state index is -0.347. The van der Waals surface area contributed by atoms with Crippen LogP contribution in [-0.4, -0.2) is 18.0 Å². The Hall–Kier alpha value is -0.570. The topological polar surface area (TPSA) is 55.1 Å². The molecule has 0 aliphatic heterocycles. The molecule has 3 N–H and O–H groups in total. The summed E-state index contributed by atoms with van der Waals surface area (Å²) >= 11 is 0. The summed E-state index contributed by atoms with van der Waals surface area (Å²) in [6, 6.07) is 0.361. The average Bonchev–Trinajstić information content (AvgIpc) is 2.70. The second kappa shape index (κ2) is 5.67. The molecule has 2 rings (SSSR count). The largest absolute Gasteiger partial charge is 0.353 e. The van der Waals surface area contributed by atoms with Crippen LogP contribution in [0.4, 0.5) is 0 Å². The number of amides is 1. The quantitative estimate of drug-likeness (QED) is 0.816. The zero-order chi connectivity index (χ0) is 15.0. The number of carbonyl (C=O) groups is 1. The minimum Gasteiger partial charge on any atom is -0.353 e. The van der Waals surface area contributed by atoms with Crippen molar-refractivity contribution in [1.82, 2.24) is 5.32 Å². The molecule has 4 atom stereocenters. The highest BCUT2D eigenvalue weighted by Gasteiger charge is 2.45. The van der Waals surface area contributed by atoms with E-state index in [-0.39, 0.29) is 22.8 Å². The van der Waals surface area contributed by atoms with E-state index < -0.39 is 0 Å². The smallest absolute Gasteiger partial charge is 0.227 e. The summed E-state index contributed by atoms with van der Waals surface area (Å²) in [7, 11) is 0. The summed E-state index contributed by atoms with van der Waals surface area (Å²) < 4.78 is 0. The fourth-order valence-electron chi connectivity index (χ4n) is 4.15. The Bertz CT molecular complexity index is 360. The third-order valence-corrected chi connectivity index (χ3v) is 5.74. The lowest BCUT2D eigenvalue weighted by atomic mass is 9.69. The summed E-state index contributed by atoms with van der Waals surface area (Å²) in [5.74, 6) is 0.782. The molecule has 2 saturated carbocycles. The van der Waals surface area contributed by atoms with Gasteiger partial charge in [0.2, 0.25) is 5.91 Å². The molecule has 116 valence electrons. The molecule has 0 bridgehead atoms. The lowest BCUT2D eigenvalue weighted by Crippen LogP contribution is -2.54. The third kappa shape index (κ3) is 3.03. The summed E-state index contributed by atoms with van der Waals surface area (Å²) in [6.07, 6.45) is 7.89. The van der Waals surface area contributed by atoms with Gasteiger partial charge in [-0.3, -0.25) is 4.79 Å². The van der Waals surface area contributed by atoms with Crippen molar-refractivity contribution in [2.75, 3.05) is 0 Å². The van der Waals surface area contributed by atoms with Gasteiger partial charge in [0.15, 0.2) is 0 Å². The maximum atomic E-state index is 12.7. The van der Waals surface area contributed by atoms with Gasteiger partial charge in [0.05, 0.1) is 5.41 Å². The van der Waals surface area contributed by atoms with Crippen molar-refractivity contribution in [3.05, 3.63) is 0 Å². The van der Waals surface area contributed by atoms with Gasteiger partial charge in [-0.05, 0) is 43.9 Å². The normalized spacial score (nSPS) is 38.8. The van der Waals surface area contributed by atoms with Gasteiger partial charge < -0.3 is 11.1 Å². The maximum Gasteiger partial charge on any atom is 0.227 e. The second-order valence-electron chi connectivity index (χ2n) is 8.25. The van der Waals surface area contributed by atoms with E-state index in [1.165, 1.54) is 19.3 Å². The van der Waals surface area contributed by atoms with Crippen molar-refractivity contribution in [3.8, 4) is 0 Å². The first-order valence-corrected chi connectivity index (χ1v) is 8.32. The first kappa shape index (κ1) is 15.8. The first-order chi connectivity index (χ1) is 9.25. The molecule has 0 aromatic carbocycles. The fourth-order valence-corrected chi connectivity index (χ4v) is 4.15. The summed E-state index contributed by atoms with van der Waals surface area (Å²) in [4.78, 5) is 12.7. The van der Waals surface area contributed by atoms with Crippen LogP contribution in [0.25, 0.3) is 0 Å². The standard InChI is InChI=1S/C17H32N2O/c1-16(2,3)12-8-5-6-9-13(12)19-15(20)17(4)11-7-10-14(17)18/h12-14H,5-11,18H2,1-4H3,(H,19,20). The first-order valence-electron chi connectivity index (χ1n) is 8.32. The molecule has 3 heteroatoms. The molecular weight excluding hydrogens is 248 g/mol. The van der Waals surface area contributed by atoms with Crippen molar-refractivity contribution in [1.29, 1.82) is 0 Å². The summed E-state index contributed by atoms with van der Waals surface area (Å²) in [6.45, 7) is 8.94. The average molecular weight is 280 g/mol. The van der Waals surface area contributed by atoms with Gasteiger partial charge in [0, 0.05) is 12.1 Å². The van der Waals surface area contributed by atoms with E-state index in [4.69, 9.17) is 5.73 Å². The van der Waals surface area contributed by atoms with Crippen molar-refractivity contribution in [2.24, 2.45) is 22.5 Å². The van der Waals surface area contributed by atoms with E-state index in [0.717, 1.165) is 25.7 Å². The second-order valence-corrected chi connectivity index (χ2v) is 8.25. The number of nitrogens with one attached hydrogen (secondary N) is 1. The molecule has 3 nitrogen and oxygen atoms in total. The predicted molar refractivity (Wildman–Crippen MR) is 83.3 cm³/mol. The van der Waals surface area contributed by atoms with Gasteiger partial charge >= 0.3 is 0 Å². The van der Waals surface area contributed by atoms with Gasteiger partial charge in [-0.1, -0.05) is 40.0 Å². The maximum absolute atomic E-state index is 12.7. The van der Waals surface area contributed by atoms with Crippen molar-refractivity contribution in [3.63, 3.8) is 0 Å². The Morgan fingerprint density at radius 3 is 2.35 bits per heavy atom. The molecular formula is C17H32N2O. The molecule has 0 aromatic heterocycles.